The van der Waals surface area contributed by atoms with E-state index in [-0.39, 0.29) is 30.2 Å². The minimum absolute atomic E-state index is 0. The third kappa shape index (κ3) is 6.62. The Morgan fingerprint density at radius 3 is 2.50 bits per heavy atom. The van der Waals surface area contributed by atoms with E-state index in [1.807, 2.05) is 0 Å². The lowest BCUT2D eigenvalue weighted by molar-refractivity contribution is -0.122. The number of nitrogens with two attached hydrogens (primary N) is 1. The van der Waals surface area contributed by atoms with Crippen molar-refractivity contribution in [2.24, 2.45) is 5.73 Å². The summed E-state index contributed by atoms with van der Waals surface area (Å²) in [6.45, 7) is 0.453. The van der Waals surface area contributed by atoms with Gasteiger partial charge in [0.1, 0.15) is 11.6 Å². The molecule has 6 heteroatoms. The topological polar surface area (TPSA) is 64.3 Å². The van der Waals surface area contributed by atoms with Gasteiger partial charge >= 0.3 is 0 Å². The van der Waals surface area contributed by atoms with E-state index in [0.29, 0.717) is 31.2 Å². The van der Waals surface area contributed by atoms with Crippen molar-refractivity contribution >= 4 is 18.3 Å². The van der Waals surface area contributed by atoms with Crippen LogP contribution in [0, 0.1) is 5.82 Å². The van der Waals surface area contributed by atoms with Gasteiger partial charge < -0.3 is 15.8 Å². The molecule has 0 atom stereocenters. The molecule has 1 aromatic rings. The molecule has 1 fully saturated rings. The normalized spacial score (nSPS) is 20.8. The highest BCUT2D eigenvalue weighted by atomic mass is 35.5. The van der Waals surface area contributed by atoms with Gasteiger partial charge in [-0.05, 0) is 56.4 Å². The first-order valence-electron chi connectivity index (χ1n) is 7.57. The van der Waals surface area contributed by atoms with Gasteiger partial charge in [-0.25, -0.2) is 4.39 Å². The molecule has 1 aliphatic rings. The second-order valence-electron chi connectivity index (χ2n) is 5.59. The molecule has 0 spiro atoms. The maximum atomic E-state index is 12.7. The van der Waals surface area contributed by atoms with Crippen LogP contribution < -0.4 is 15.8 Å². The van der Waals surface area contributed by atoms with Crippen LogP contribution in [0.25, 0.3) is 0 Å². The SMILES string of the molecule is Cl.NC1CCC(NC(=O)CCCOc2ccc(F)cc2)CC1. The highest BCUT2D eigenvalue weighted by Gasteiger charge is 2.19. The number of hydrogen-bond donors (Lipinski definition) is 2. The summed E-state index contributed by atoms with van der Waals surface area (Å²) < 4.78 is 18.2. The number of carbonyl (C=O) groups excluding carboxylic acids is 1. The Hall–Kier alpha value is -1.33. The number of benzene rings is 1. The molecule has 22 heavy (non-hydrogen) atoms. The van der Waals surface area contributed by atoms with E-state index in [1.54, 1.807) is 12.1 Å². The molecular weight excluding hydrogens is 307 g/mol. The van der Waals surface area contributed by atoms with Crippen molar-refractivity contribution in [2.75, 3.05) is 6.61 Å². The number of carbonyl (C=O) groups is 1. The molecule has 1 saturated carbocycles. The first-order valence-corrected chi connectivity index (χ1v) is 7.57. The zero-order valence-corrected chi connectivity index (χ0v) is 13.4. The number of amides is 1. The molecule has 2 rings (SSSR count). The summed E-state index contributed by atoms with van der Waals surface area (Å²) in [6.07, 6.45) is 5.01. The fourth-order valence-corrected chi connectivity index (χ4v) is 2.52. The molecule has 0 radical (unpaired) electrons. The van der Waals surface area contributed by atoms with E-state index in [4.69, 9.17) is 10.5 Å². The number of ether oxygens (including phenoxy) is 1. The Morgan fingerprint density at radius 2 is 1.86 bits per heavy atom. The molecule has 124 valence electrons. The average Bonchev–Trinajstić information content (AvgIpc) is 2.48. The number of rotatable bonds is 6. The van der Waals surface area contributed by atoms with Crippen molar-refractivity contribution in [3.05, 3.63) is 30.1 Å². The zero-order valence-electron chi connectivity index (χ0n) is 12.6. The molecule has 1 amide bonds. The molecule has 1 aliphatic carbocycles. The van der Waals surface area contributed by atoms with Gasteiger partial charge in [0.05, 0.1) is 6.61 Å². The first kappa shape index (κ1) is 18.7. The van der Waals surface area contributed by atoms with Gasteiger partial charge in [-0.2, -0.15) is 0 Å². The van der Waals surface area contributed by atoms with E-state index in [0.717, 1.165) is 25.7 Å². The largest absolute Gasteiger partial charge is 0.494 e. The molecule has 4 nitrogen and oxygen atoms in total. The van der Waals surface area contributed by atoms with Gasteiger partial charge in [-0.1, -0.05) is 0 Å². The van der Waals surface area contributed by atoms with Crippen LogP contribution in [0.1, 0.15) is 38.5 Å². The van der Waals surface area contributed by atoms with Gasteiger partial charge in [-0.3, -0.25) is 4.79 Å². The Labute approximate surface area is 137 Å². The van der Waals surface area contributed by atoms with Crippen LogP contribution >= 0.6 is 12.4 Å². The summed E-state index contributed by atoms with van der Waals surface area (Å²) in [6, 6.07) is 6.45. The van der Waals surface area contributed by atoms with Crippen LogP contribution in [0.5, 0.6) is 5.75 Å². The van der Waals surface area contributed by atoms with Crippen molar-refractivity contribution in [3.8, 4) is 5.75 Å². The standard InChI is InChI=1S/C16H23FN2O2.ClH/c17-12-3-9-15(10-4-12)21-11-1-2-16(20)19-14-7-5-13(18)6-8-14;/h3-4,9-10,13-14H,1-2,5-8,11,18H2,(H,19,20);1H. The smallest absolute Gasteiger partial charge is 0.220 e. The monoisotopic (exact) mass is 330 g/mol. The maximum absolute atomic E-state index is 12.7. The van der Waals surface area contributed by atoms with Crippen LogP contribution in [-0.2, 0) is 4.79 Å². The van der Waals surface area contributed by atoms with Crippen molar-refractivity contribution < 1.29 is 13.9 Å². The molecule has 0 aliphatic heterocycles. The van der Waals surface area contributed by atoms with E-state index in [9.17, 15) is 9.18 Å². The summed E-state index contributed by atoms with van der Waals surface area (Å²) in [4.78, 5) is 11.8. The second kappa shape index (κ2) is 9.64. The molecule has 0 bridgehead atoms. The minimum Gasteiger partial charge on any atom is -0.494 e. The lowest BCUT2D eigenvalue weighted by Crippen LogP contribution is -2.40. The summed E-state index contributed by atoms with van der Waals surface area (Å²) >= 11 is 0. The van der Waals surface area contributed by atoms with E-state index >= 15 is 0 Å². The molecular formula is C16H24ClFN2O2. The summed E-state index contributed by atoms with van der Waals surface area (Å²) in [5, 5.41) is 3.05. The van der Waals surface area contributed by atoms with Crippen LogP contribution in [0.2, 0.25) is 0 Å². The summed E-state index contributed by atoms with van der Waals surface area (Å²) in [5.74, 6) is 0.408. The molecule has 3 N–H and O–H groups in total. The van der Waals surface area contributed by atoms with Gasteiger partial charge in [0.2, 0.25) is 5.91 Å². The van der Waals surface area contributed by atoms with Crippen molar-refractivity contribution in [1.82, 2.24) is 5.32 Å². The van der Waals surface area contributed by atoms with Gasteiger partial charge in [0.25, 0.3) is 0 Å². The van der Waals surface area contributed by atoms with Crippen molar-refractivity contribution in [2.45, 2.75) is 50.6 Å². The highest BCUT2D eigenvalue weighted by Crippen LogP contribution is 2.17. The second-order valence-corrected chi connectivity index (χ2v) is 5.59. The van der Waals surface area contributed by atoms with Gasteiger partial charge in [-0.15, -0.1) is 12.4 Å². The average molecular weight is 331 g/mol. The lowest BCUT2D eigenvalue weighted by atomic mass is 9.92. The molecule has 0 aromatic heterocycles. The number of nitrogens with one attached hydrogen (secondary N) is 1. The third-order valence-corrected chi connectivity index (χ3v) is 3.77. The lowest BCUT2D eigenvalue weighted by Gasteiger charge is -2.26. The minimum atomic E-state index is -0.283. The van der Waals surface area contributed by atoms with Crippen LogP contribution in [0.3, 0.4) is 0 Å². The quantitative estimate of drug-likeness (QED) is 0.788. The number of hydrogen-bond acceptors (Lipinski definition) is 3. The summed E-state index contributed by atoms with van der Waals surface area (Å²) in [5.41, 5.74) is 5.84. The Morgan fingerprint density at radius 1 is 1.23 bits per heavy atom. The van der Waals surface area contributed by atoms with Crippen molar-refractivity contribution in [1.29, 1.82) is 0 Å². The fourth-order valence-electron chi connectivity index (χ4n) is 2.52. The van der Waals surface area contributed by atoms with Crippen LogP contribution in [0.15, 0.2) is 24.3 Å². The Balaban J connectivity index is 0.00000242. The number of halogens is 2. The van der Waals surface area contributed by atoms with Gasteiger partial charge in [0, 0.05) is 18.5 Å². The summed E-state index contributed by atoms with van der Waals surface area (Å²) in [7, 11) is 0. The molecule has 1 aromatic carbocycles. The third-order valence-electron chi connectivity index (χ3n) is 3.77. The highest BCUT2D eigenvalue weighted by molar-refractivity contribution is 5.85. The molecule has 0 heterocycles. The van der Waals surface area contributed by atoms with E-state index in [1.165, 1.54) is 12.1 Å². The predicted octanol–water partition coefficient (Wildman–Crippen LogP) is 2.79. The zero-order chi connectivity index (χ0) is 15.1. The first-order chi connectivity index (χ1) is 10.1. The maximum Gasteiger partial charge on any atom is 0.220 e. The predicted molar refractivity (Wildman–Crippen MR) is 86.8 cm³/mol. The molecule has 0 unspecified atom stereocenters. The van der Waals surface area contributed by atoms with Gasteiger partial charge in [0.15, 0.2) is 0 Å². The Bertz CT molecular complexity index is 448. The van der Waals surface area contributed by atoms with Crippen molar-refractivity contribution in [3.63, 3.8) is 0 Å². The molecule has 0 saturated heterocycles. The van der Waals surface area contributed by atoms with E-state index < -0.39 is 0 Å². The van der Waals surface area contributed by atoms with Crippen LogP contribution in [0.4, 0.5) is 4.39 Å². The van der Waals surface area contributed by atoms with Crippen LogP contribution in [-0.4, -0.2) is 24.6 Å². The fraction of sp³-hybridized carbons (Fsp3) is 0.562. The Kier molecular flexibility index (Phi) is 8.20. The van der Waals surface area contributed by atoms with E-state index in [2.05, 4.69) is 5.32 Å².